The monoisotopic (exact) mass is 631 g/mol. The zero-order valence-corrected chi connectivity index (χ0v) is 25.7. The van der Waals surface area contributed by atoms with Gasteiger partial charge in [0.1, 0.15) is 4.88 Å². The fraction of sp³-hybridized carbons (Fsp3) is 0.258. The fourth-order valence-electron chi connectivity index (χ4n) is 5.28. The molecular formula is C31H30ClN7O4S. The van der Waals surface area contributed by atoms with Gasteiger partial charge < -0.3 is 29.9 Å². The third-order valence-corrected chi connectivity index (χ3v) is 8.80. The number of carbonyl (C=O) groups excluding carboxylic acids is 2. The first-order chi connectivity index (χ1) is 21.3. The Bertz CT molecular complexity index is 1730. The number of methoxy groups -OCH3 is 1. The molecule has 2 aliphatic heterocycles. The summed E-state index contributed by atoms with van der Waals surface area (Å²) in [4.78, 5) is 43.5. The van der Waals surface area contributed by atoms with E-state index >= 15 is 0 Å². The molecule has 1 aromatic carbocycles. The highest BCUT2D eigenvalue weighted by Crippen LogP contribution is 2.37. The van der Waals surface area contributed by atoms with Gasteiger partial charge in [-0.1, -0.05) is 41.6 Å². The normalized spacial score (nSPS) is 15.8. The van der Waals surface area contributed by atoms with E-state index in [9.17, 15) is 9.59 Å². The summed E-state index contributed by atoms with van der Waals surface area (Å²) in [5, 5.41) is 6.99. The van der Waals surface area contributed by atoms with Crippen molar-refractivity contribution in [3.05, 3.63) is 76.9 Å². The predicted octanol–water partition coefficient (Wildman–Crippen LogP) is 5.55. The van der Waals surface area contributed by atoms with Crippen LogP contribution in [0.15, 0.2) is 61.4 Å². The summed E-state index contributed by atoms with van der Waals surface area (Å²) in [5.74, 6) is 2.01. The molecule has 0 bridgehead atoms. The number of pyridine rings is 2. The Labute approximate surface area is 263 Å². The maximum absolute atomic E-state index is 12.9. The highest BCUT2D eigenvalue weighted by molar-refractivity contribution is 7.17. The second-order valence-corrected chi connectivity index (χ2v) is 11.7. The van der Waals surface area contributed by atoms with Crippen LogP contribution in [-0.2, 0) is 4.79 Å². The molecule has 2 amide bonds. The smallest absolute Gasteiger partial charge is 0.267 e. The van der Waals surface area contributed by atoms with Crippen molar-refractivity contribution in [2.24, 2.45) is 0 Å². The number of rotatable bonds is 7. The number of hydrogen-bond donors (Lipinski definition) is 2. The van der Waals surface area contributed by atoms with Crippen molar-refractivity contribution in [3.63, 3.8) is 0 Å². The van der Waals surface area contributed by atoms with Gasteiger partial charge in [0, 0.05) is 37.8 Å². The first-order valence-electron chi connectivity index (χ1n) is 14.0. The molecule has 2 aliphatic rings. The minimum absolute atomic E-state index is 0.0576. The Morgan fingerprint density at radius 1 is 1.20 bits per heavy atom. The number of nitrogens with one attached hydrogen (secondary N) is 2. The quantitative estimate of drug-likeness (QED) is 0.253. The van der Waals surface area contributed by atoms with Gasteiger partial charge in [-0.2, -0.15) is 0 Å². The molecule has 2 N–H and O–H groups in total. The molecule has 0 unspecified atom stereocenters. The van der Waals surface area contributed by atoms with Gasteiger partial charge >= 0.3 is 0 Å². The van der Waals surface area contributed by atoms with Gasteiger partial charge in [0.25, 0.3) is 5.91 Å². The molecule has 5 heterocycles. The van der Waals surface area contributed by atoms with Crippen molar-refractivity contribution >= 4 is 57.2 Å². The average molecular weight is 632 g/mol. The molecule has 226 valence electrons. The molecular weight excluding hydrogens is 602 g/mol. The molecule has 13 heteroatoms. The Balaban J connectivity index is 1.21. The zero-order chi connectivity index (χ0) is 30.8. The van der Waals surface area contributed by atoms with Crippen LogP contribution in [0.2, 0.25) is 5.02 Å². The van der Waals surface area contributed by atoms with Crippen LogP contribution < -0.4 is 25.0 Å². The van der Waals surface area contributed by atoms with Crippen LogP contribution in [-0.4, -0.2) is 71.1 Å². The van der Waals surface area contributed by atoms with E-state index < -0.39 is 0 Å². The van der Waals surface area contributed by atoms with Crippen LogP contribution in [0.25, 0.3) is 11.3 Å². The van der Waals surface area contributed by atoms with Crippen molar-refractivity contribution in [2.45, 2.75) is 19.4 Å². The van der Waals surface area contributed by atoms with E-state index in [-0.39, 0.29) is 17.9 Å². The van der Waals surface area contributed by atoms with Gasteiger partial charge in [0.05, 0.1) is 42.4 Å². The van der Waals surface area contributed by atoms with Crippen LogP contribution in [0.4, 0.5) is 22.5 Å². The molecule has 0 saturated carbocycles. The van der Waals surface area contributed by atoms with Gasteiger partial charge in [0.15, 0.2) is 28.3 Å². The van der Waals surface area contributed by atoms with Crippen molar-refractivity contribution < 1.29 is 19.1 Å². The number of halogens is 1. The molecule has 0 radical (unpaired) electrons. The van der Waals surface area contributed by atoms with Crippen molar-refractivity contribution in [1.29, 1.82) is 0 Å². The van der Waals surface area contributed by atoms with Crippen LogP contribution in [0.1, 0.15) is 21.7 Å². The molecule has 1 atom stereocenters. The number of aryl methyl sites for hydroxylation is 1. The topological polar surface area (TPSA) is 122 Å². The lowest BCUT2D eigenvalue weighted by molar-refractivity contribution is -0.126. The number of hydrogen-bond acceptors (Lipinski definition) is 10. The van der Waals surface area contributed by atoms with E-state index in [2.05, 4.69) is 27.1 Å². The molecule has 3 aromatic heterocycles. The van der Waals surface area contributed by atoms with Gasteiger partial charge in [-0.05, 0) is 42.8 Å². The molecule has 1 fully saturated rings. The van der Waals surface area contributed by atoms with Crippen LogP contribution in [0.3, 0.4) is 0 Å². The molecule has 0 spiro atoms. The van der Waals surface area contributed by atoms with E-state index in [1.54, 1.807) is 19.4 Å². The molecule has 6 rings (SSSR count). The first kappa shape index (κ1) is 29.4. The summed E-state index contributed by atoms with van der Waals surface area (Å²) >= 11 is 7.46. The number of fused-ring (bicyclic) bond motifs is 3. The molecule has 1 saturated heterocycles. The number of nitrogens with zero attached hydrogens (tertiary/aromatic N) is 5. The Kier molecular flexibility index (Phi) is 8.36. The molecule has 11 nitrogen and oxygen atoms in total. The Hall–Kier alpha value is -4.68. The maximum Gasteiger partial charge on any atom is 0.267 e. The standard InChI is InChI=1S/C31H30ClN7O4S/c1-4-26(40)38-11-12-39-20(17-38)10-13-43-24-14-19(15-33-29(24)39)22-8-9-23(42-3)28(35-22)37-31-34-16-25(44-31)30(41)36-27-18(2)6-5-7-21(27)32/h4-9,14-16,20H,1,10-13,17H2,2-3H3,(H,36,41)(H,34,35,37)/t20-/m0/s1. The summed E-state index contributed by atoms with van der Waals surface area (Å²) in [6.07, 6.45) is 5.40. The van der Waals surface area contributed by atoms with Gasteiger partial charge in [-0.25, -0.2) is 15.0 Å². The lowest BCUT2D eigenvalue weighted by Crippen LogP contribution is -2.54. The van der Waals surface area contributed by atoms with Crippen molar-refractivity contribution in [3.8, 4) is 22.8 Å². The molecule has 0 aliphatic carbocycles. The number of piperazine rings is 1. The van der Waals surface area contributed by atoms with Gasteiger partial charge in [-0.15, -0.1) is 0 Å². The van der Waals surface area contributed by atoms with E-state index in [0.717, 1.165) is 23.4 Å². The van der Waals surface area contributed by atoms with Gasteiger partial charge in [0.2, 0.25) is 5.91 Å². The average Bonchev–Trinajstić information content (AvgIpc) is 3.43. The summed E-state index contributed by atoms with van der Waals surface area (Å²) in [6, 6.07) is 11.1. The third-order valence-electron chi connectivity index (χ3n) is 7.57. The number of thiazole rings is 1. The Morgan fingerprint density at radius 3 is 2.86 bits per heavy atom. The van der Waals surface area contributed by atoms with Crippen LogP contribution in [0, 0.1) is 6.92 Å². The highest BCUT2D eigenvalue weighted by atomic mass is 35.5. The summed E-state index contributed by atoms with van der Waals surface area (Å²) in [6.45, 7) is 7.86. The maximum atomic E-state index is 12.9. The summed E-state index contributed by atoms with van der Waals surface area (Å²) in [7, 11) is 1.56. The van der Waals surface area contributed by atoms with Gasteiger partial charge in [-0.3, -0.25) is 9.59 Å². The number of aromatic nitrogens is 3. The van der Waals surface area contributed by atoms with Crippen LogP contribution >= 0.6 is 22.9 Å². The lowest BCUT2D eigenvalue weighted by atomic mass is 10.1. The number of anilines is 4. The van der Waals surface area contributed by atoms with E-state index in [4.69, 9.17) is 31.0 Å². The molecule has 44 heavy (non-hydrogen) atoms. The first-order valence-corrected chi connectivity index (χ1v) is 15.2. The summed E-state index contributed by atoms with van der Waals surface area (Å²) < 4.78 is 11.7. The fourth-order valence-corrected chi connectivity index (χ4v) is 6.26. The second-order valence-electron chi connectivity index (χ2n) is 10.3. The second kappa shape index (κ2) is 12.5. The number of amides is 2. The number of para-hydroxylation sites is 1. The summed E-state index contributed by atoms with van der Waals surface area (Å²) in [5.41, 5.74) is 2.84. The number of ether oxygens (including phenoxy) is 2. The lowest BCUT2D eigenvalue weighted by Gasteiger charge is -2.40. The minimum atomic E-state index is -0.313. The van der Waals surface area contributed by atoms with E-state index in [1.807, 2.05) is 42.2 Å². The zero-order valence-electron chi connectivity index (χ0n) is 24.2. The van der Waals surface area contributed by atoms with E-state index in [0.29, 0.717) is 70.0 Å². The van der Waals surface area contributed by atoms with Crippen molar-refractivity contribution in [2.75, 3.05) is 48.9 Å². The van der Waals surface area contributed by atoms with E-state index in [1.165, 1.54) is 23.6 Å². The predicted molar refractivity (Wildman–Crippen MR) is 172 cm³/mol. The SMILES string of the molecule is C=CC(=O)N1CCN2c3ncc(-c4ccc(OC)c(Nc5ncc(C(=O)Nc6c(C)cccc6Cl)s5)n4)cc3OCC[C@H]2C1. The highest BCUT2D eigenvalue weighted by Gasteiger charge is 2.33. The number of carbonyl (C=O) groups is 2. The Morgan fingerprint density at radius 2 is 2.07 bits per heavy atom. The third kappa shape index (κ3) is 5.90. The van der Waals surface area contributed by atoms with Crippen LogP contribution in [0.5, 0.6) is 11.5 Å². The largest absolute Gasteiger partial charge is 0.493 e. The minimum Gasteiger partial charge on any atom is -0.493 e. The van der Waals surface area contributed by atoms with Crippen molar-refractivity contribution in [1.82, 2.24) is 19.9 Å². The molecule has 4 aromatic rings. The number of benzene rings is 1.